The van der Waals surface area contributed by atoms with E-state index in [4.69, 9.17) is 0 Å². The Kier molecular flexibility index (Phi) is 4.68. The molecule has 1 N–H and O–H groups in total. The molecule has 0 fully saturated rings. The highest BCUT2D eigenvalue weighted by molar-refractivity contribution is 5.91. The van der Waals surface area contributed by atoms with Crippen LogP contribution in [0.1, 0.15) is 33.9 Å². The lowest BCUT2D eigenvalue weighted by atomic mass is 9.88. The molecule has 3 aromatic carbocycles. The van der Waals surface area contributed by atoms with Crippen LogP contribution in [0, 0.1) is 13.8 Å². The van der Waals surface area contributed by atoms with Crippen LogP contribution in [0.2, 0.25) is 0 Å². The Balaban J connectivity index is 1.71. The molecule has 0 spiro atoms. The van der Waals surface area contributed by atoms with Crippen molar-refractivity contribution in [3.8, 4) is 0 Å². The smallest absolute Gasteiger partial charge is 0.313 e. The van der Waals surface area contributed by atoms with E-state index in [0.717, 1.165) is 23.2 Å². The van der Waals surface area contributed by atoms with Crippen molar-refractivity contribution in [1.29, 1.82) is 0 Å². The molecule has 0 saturated heterocycles. The summed E-state index contributed by atoms with van der Waals surface area (Å²) in [5.41, 5.74) is 6.83. The van der Waals surface area contributed by atoms with Gasteiger partial charge in [0.2, 0.25) is 0 Å². The molecule has 0 saturated carbocycles. The molecule has 0 unspecified atom stereocenters. The molecule has 0 radical (unpaired) electrons. The van der Waals surface area contributed by atoms with E-state index in [1.54, 1.807) is 0 Å². The number of hydrogen-bond acceptors (Lipinski definition) is 1. The Labute approximate surface area is 160 Å². The van der Waals surface area contributed by atoms with Gasteiger partial charge in [-0.2, -0.15) is 0 Å². The molecule has 0 aromatic heterocycles. The highest BCUT2D eigenvalue weighted by atomic mass is 16.2. The van der Waals surface area contributed by atoms with E-state index in [1.807, 2.05) is 36.1 Å². The van der Waals surface area contributed by atoms with E-state index >= 15 is 0 Å². The fourth-order valence-electron chi connectivity index (χ4n) is 3.79. The second-order valence-electron chi connectivity index (χ2n) is 7.20. The van der Waals surface area contributed by atoms with Gasteiger partial charge in [0.15, 0.2) is 0 Å². The summed E-state index contributed by atoms with van der Waals surface area (Å²) in [6, 6.07) is 24.7. The average molecular weight is 356 g/mol. The van der Waals surface area contributed by atoms with Crippen molar-refractivity contribution < 1.29 is 4.79 Å². The molecule has 136 valence electrons. The van der Waals surface area contributed by atoms with Crippen molar-refractivity contribution in [2.45, 2.75) is 26.3 Å². The predicted molar refractivity (Wildman–Crippen MR) is 110 cm³/mol. The van der Waals surface area contributed by atoms with Crippen LogP contribution >= 0.6 is 0 Å². The minimum Gasteiger partial charge on any atom is -0.313 e. The van der Waals surface area contributed by atoms with Crippen LogP contribution in [0.4, 0.5) is 10.5 Å². The van der Waals surface area contributed by atoms with E-state index in [-0.39, 0.29) is 12.1 Å². The minimum atomic E-state index is -0.0698. The maximum Gasteiger partial charge on any atom is 0.322 e. The number of carbonyl (C=O) groups excluding carboxylic acids is 1. The Bertz CT molecular complexity index is 962. The van der Waals surface area contributed by atoms with Crippen LogP contribution in [-0.2, 0) is 6.42 Å². The van der Waals surface area contributed by atoms with Crippen LogP contribution in [0.3, 0.4) is 0 Å². The lowest BCUT2D eigenvalue weighted by Gasteiger charge is -2.37. The van der Waals surface area contributed by atoms with E-state index in [1.165, 1.54) is 16.7 Å². The molecule has 1 aliphatic rings. The summed E-state index contributed by atoms with van der Waals surface area (Å²) in [6.45, 7) is 4.80. The van der Waals surface area contributed by atoms with Gasteiger partial charge >= 0.3 is 6.03 Å². The number of carbonyl (C=O) groups is 1. The number of hydrogen-bond donors (Lipinski definition) is 1. The second kappa shape index (κ2) is 7.28. The summed E-state index contributed by atoms with van der Waals surface area (Å²) in [5.74, 6) is 0. The first-order valence-electron chi connectivity index (χ1n) is 9.41. The number of rotatable bonds is 2. The predicted octanol–water partition coefficient (Wildman–Crippen LogP) is 5.48. The third kappa shape index (κ3) is 3.45. The number of amides is 2. The summed E-state index contributed by atoms with van der Waals surface area (Å²) in [4.78, 5) is 15.2. The number of benzene rings is 3. The highest BCUT2D eigenvalue weighted by Gasteiger charge is 2.32. The van der Waals surface area contributed by atoms with Crippen molar-refractivity contribution in [2.75, 3.05) is 11.9 Å². The molecule has 1 heterocycles. The maximum atomic E-state index is 13.2. The van der Waals surface area contributed by atoms with E-state index in [9.17, 15) is 4.79 Å². The van der Waals surface area contributed by atoms with Gasteiger partial charge in [-0.05, 0) is 48.6 Å². The first-order valence-corrected chi connectivity index (χ1v) is 9.41. The van der Waals surface area contributed by atoms with Gasteiger partial charge < -0.3 is 10.2 Å². The van der Waals surface area contributed by atoms with Crippen LogP contribution in [0.15, 0.2) is 72.8 Å². The topological polar surface area (TPSA) is 32.3 Å². The zero-order valence-electron chi connectivity index (χ0n) is 15.8. The summed E-state index contributed by atoms with van der Waals surface area (Å²) < 4.78 is 0. The fraction of sp³-hybridized carbons (Fsp3) is 0.208. The zero-order chi connectivity index (χ0) is 18.8. The largest absolute Gasteiger partial charge is 0.322 e. The second-order valence-corrected chi connectivity index (χ2v) is 7.20. The van der Waals surface area contributed by atoms with Gasteiger partial charge in [0.25, 0.3) is 0 Å². The van der Waals surface area contributed by atoms with Crippen LogP contribution in [-0.4, -0.2) is 17.5 Å². The van der Waals surface area contributed by atoms with E-state index in [0.29, 0.717) is 6.54 Å². The molecule has 2 amide bonds. The quantitative estimate of drug-likeness (QED) is 0.647. The standard InChI is InChI=1S/C24H24N2O/c1-17-11-13-20(14-12-17)23-21-9-5-4-8-19(21)15-16-26(23)24(27)25-22-10-6-3-7-18(22)2/h3-14,23H,15-16H2,1-2H3,(H,25,27)/t23-/m0/s1. The lowest BCUT2D eigenvalue weighted by Crippen LogP contribution is -2.43. The molecule has 0 aliphatic carbocycles. The molecule has 27 heavy (non-hydrogen) atoms. The summed E-state index contributed by atoms with van der Waals surface area (Å²) in [5, 5.41) is 3.11. The van der Waals surface area contributed by atoms with Crippen molar-refractivity contribution in [2.24, 2.45) is 0 Å². The fourth-order valence-corrected chi connectivity index (χ4v) is 3.79. The van der Waals surface area contributed by atoms with E-state index < -0.39 is 0 Å². The molecule has 3 nitrogen and oxygen atoms in total. The third-order valence-corrected chi connectivity index (χ3v) is 5.32. The monoisotopic (exact) mass is 356 g/mol. The van der Waals surface area contributed by atoms with Gasteiger partial charge in [0.05, 0.1) is 6.04 Å². The molecule has 1 atom stereocenters. The van der Waals surface area contributed by atoms with Gasteiger partial charge in [-0.1, -0.05) is 72.3 Å². The molecule has 4 rings (SSSR count). The SMILES string of the molecule is Cc1ccc([C@H]2c3ccccc3CCN2C(=O)Nc2ccccc2C)cc1. The number of nitrogens with zero attached hydrogens (tertiary/aromatic N) is 1. The minimum absolute atomic E-state index is 0.0515. The normalized spacial score (nSPS) is 15.9. The Morgan fingerprint density at radius 1 is 0.926 bits per heavy atom. The highest BCUT2D eigenvalue weighted by Crippen LogP contribution is 2.35. The van der Waals surface area contributed by atoms with Gasteiger partial charge in [0.1, 0.15) is 0 Å². The van der Waals surface area contributed by atoms with Gasteiger partial charge in [-0.15, -0.1) is 0 Å². The number of fused-ring (bicyclic) bond motifs is 1. The molecule has 1 aliphatic heterocycles. The number of aryl methyl sites for hydroxylation is 2. The summed E-state index contributed by atoms with van der Waals surface area (Å²) >= 11 is 0. The zero-order valence-corrected chi connectivity index (χ0v) is 15.8. The van der Waals surface area contributed by atoms with Crippen molar-refractivity contribution in [3.63, 3.8) is 0 Å². The van der Waals surface area contributed by atoms with Crippen molar-refractivity contribution in [1.82, 2.24) is 4.90 Å². The Morgan fingerprint density at radius 3 is 2.41 bits per heavy atom. The molecule has 3 heteroatoms. The number of nitrogens with one attached hydrogen (secondary N) is 1. The van der Waals surface area contributed by atoms with Crippen LogP contribution in [0.25, 0.3) is 0 Å². The lowest BCUT2D eigenvalue weighted by molar-refractivity contribution is 0.194. The Morgan fingerprint density at radius 2 is 1.63 bits per heavy atom. The molecule has 3 aromatic rings. The Hall–Kier alpha value is -3.07. The summed E-state index contributed by atoms with van der Waals surface area (Å²) in [7, 11) is 0. The number of anilines is 1. The molecule has 0 bridgehead atoms. The van der Waals surface area contributed by atoms with Crippen molar-refractivity contribution >= 4 is 11.7 Å². The van der Waals surface area contributed by atoms with Gasteiger partial charge in [-0.3, -0.25) is 0 Å². The maximum absolute atomic E-state index is 13.2. The average Bonchev–Trinajstić information content (AvgIpc) is 2.69. The first kappa shape index (κ1) is 17.3. The van der Waals surface area contributed by atoms with Crippen LogP contribution in [0.5, 0.6) is 0 Å². The molecular formula is C24H24N2O. The third-order valence-electron chi connectivity index (χ3n) is 5.32. The van der Waals surface area contributed by atoms with E-state index in [2.05, 4.69) is 60.8 Å². The van der Waals surface area contributed by atoms with Crippen molar-refractivity contribution in [3.05, 3.63) is 101 Å². The van der Waals surface area contributed by atoms with Crippen LogP contribution < -0.4 is 5.32 Å². The van der Waals surface area contributed by atoms with Gasteiger partial charge in [0, 0.05) is 12.2 Å². The van der Waals surface area contributed by atoms with Gasteiger partial charge in [-0.25, -0.2) is 4.79 Å². The first-order chi connectivity index (χ1) is 13.1. The number of para-hydroxylation sites is 1. The number of urea groups is 1. The summed E-state index contributed by atoms with van der Waals surface area (Å²) in [6.07, 6.45) is 0.875. The molecular weight excluding hydrogens is 332 g/mol.